The van der Waals surface area contributed by atoms with Gasteiger partial charge in [-0.15, -0.1) is 11.3 Å². The third kappa shape index (κ3) is 5.57. The van der Waals surface area contributed by atoms with E-state index in [4.69, 9.17) is 16.3 Å². The Bertz CT molecular complexity index is 1020. The zero-order chi connectivity index (χ0) is 21.8. The van der Waals surface area contributed by atoms with Crippen LogP contribution in [-0.4, -0.2) is 54.0 Å². The summed E-state index contributed by atoms with van der Waals surface area (Å²) in [5.41, 5.74) is 1.85. The first-order chi connectivity index (χ1) is 14.9. The minimum absolute atomic E-state index is 0.426. The summed E-state index contributed by atoms with van der Waals surface area (Å²) in [6, 6.07) is 10.1. The molecule has 164 valence electrons. The van der Waals surface area contributed by atoms with E-state index in [2.05, 4.69) is 31.6 Å². The van der Waals surface area contributed by atoms with E-state index in [0.717, 1.165) is 36.8 Å². The lowest BCUT2D eigenvalue weighted by Gasteiger charge is -2.32. The molecule has 2 aromatic heterocycles. The van der Waals surface area contributed by atoms with Crippen molar-refractivity contribution in [1.29, 1.82) is 0 Å². The number of rotatable bonds is 7. The van der Waals surface area contributed by atoms with Crippen LogP contribution in [0, 0.1) is 0 Å². The number of thiophene rings is 1. The molecule has 0 saturated carbocycles. The average molecular weight is 479 g/mol. The van der Waals surface area contributed by atoms with E-state index in [9.17, 15) is 4.89 Å². The molecule has 1 fully saturated rings. The normalized spacial score (nSPS) is 15.5. The Morgan fingerprint density at radius 2 is 2.10 bits per heavy atom. The highest BCUT2D eigenvalue weighted by Crippen LogP contribution is 2.52. The standard InChI is InChI=1S/C21H26ClN5O2PS/c1-29-19-12-15(27-7-9-30(2,28)10-8-27)5-6-18(19)25-20-17(22)14-24-21(26-20)23-13-16-4-3-11-31-16/h3-6,11-12,14,28H,7-10,13H2,1-2H3,(H2,23,24,25,26)/q+1. The van der Waals surface area contributed by atoms with Gasteiger partial charge in [-0.2, -0.15) is 4.98 Å². The van der Waals surface area contributed by atoms with Gasteiger partial charge in [0.05, 0.1) is 45.3 Å². The van der Waals surface area contributed by atoms with E-state index >= 15 is 0 Å². The number of benzene rings is 1. The zero-order valence-corrected chi connectivity index (χ0v) is 20.0. The van der Waals surface area contributed by atoms with E-state index < -0.39 is 7.49 Å². The molecule has 1 saturated heterocycles. The predicted molar refractivity (Wildman–Crippen MR) is 132 cm³/mol. The molecule has 1 aromatic carbocycles. The number of nitrogens with zero attached hydrogens (tertiary/aromatic N) is 3. The van der Waals surface area contributed by atoms with Crippen LogP contribution >= 0.6 is 30.4 Å². The highest BCUT2D eigenvalue weighted by atomic mass is 35.5. The van der Waals surface area contributed by atoms with Gasteiger partial charge in [0.25, 0.3) is 0 Å². The van der Waals surface area contributed by atoms with Gasteiger partial charge in [0, 0.05) is 16.6 Å². The SMILES string of the molecule is COc1cc(N2CC[P+](C)(O)CC2)ccc1Nc1nc(NCc2cccs2)ncc1Cl. The average Bonchev–Trinajstić information content (AvgIpc) is 3.28. The fourth-order valence-corrected chi connectivity index (χ4v) is 5.73. The Kier molecular flexibility index (Phi) is 6.82. The van der Waals surface area contributed by atoms with E-state index in [0.29, 0.717) is 29.1 Å². The second-order valence-electron chi connectivity index (χ2n) is 7.61. The van der Waals surface area contributed by atoms with Gasteiger partial charge in [-0.1, -0.05) is 17.7 Å². The van der Waals surface area contributed by atoms with Gasteiger partial charge < -0.3 is 20.3 Å². The summed E-state index contributed by atoms with van der Waals surface area (Å²) in [5.74, 6) is 1.71. The van der Waals surface area contributed by atoms with Gasteiger partial charge in [0.1, 0.15) is 30.6 Å². The Labute approximate surface area is 191 Å². The molecule has 1 aliphatic heterocycles. The molecule has 0 aliphatic carbocycles. The van der Waals surface area contributed by atoms with E-state index in [1.165, 1.54) is 4.88 Å². The largest absolute Gasteiger partial charge is 0.494 e. The number of ether oxygens (including phenoxy) is 1. The van der Waals surface area contributed by atoms with Crippen molar-refractivity contribution in [3.8, 4) is 5.75 Å². The van der Waals surface area contributed by atoms with Gasteiger partial charge in [0.2, 0.25) is 5.95 Å². The number of nitrogens with one attached hydrogen (secondary N) is 2. The van der Waals surface area contributed by atoms with Crippen LogP contribution in [0.4, 0.5) is 23.1 Å². The minimum atomic E-state index is -1.72. The van der Waals surface area contributed by atoms with Crippen LogP contribution in [-0.2, 0) is 6.54 Å². The number of halogens is 1. The zero-order valence-electron chi connectivity index (χ0n) is 17.5. The van der Waals surface area contributed by atoms with Crippen LogP contribution in [0.3, 0.4) is 0 Å². The molecule has 3 heterocycles. The van der Waals surface area contributed by atoms with Gasteiger partial charge in [-0.25, -0.2) is 4.98 Å². The fraction of sp³-hybridized carbons (Fsp3) is 0.333. The molecule has 7 nitrogen and oxygen atoms in total. The molecule has 0 unspecified atom stereocenters. The lowest BCUT2D eigenvalue weighted by molar-refractivity contribution is 0.417. The van der Waals surface area contributed by atoms with E-state index in [1.807, 2.05) is 36.3 Å². The summed E-state index contributed by atoms with van der Waals surface area (Å²) >= 11 is 8.02. The summed E-state index contributed by atoms with van der Waals surface area (Å²) in [6.07, 6.45) is 3.29. The maximum absolute atomic E-state index is 10.3. The monoisotopic (exact) mass is 478 g/mol. The first-order valence-electron chi connectivity index (χ1n) is 10.00. The van der Waals surface area contributed by atoms with Crippen molar-refractivity contribution in [2.45, 2.75) is 6.54 Å². The molecule has 3 aromatic rings. The fourth-order valence-electron chi connectivity index (χ4n) is 3.38. The van der Waals surface area contributed by atoms with E-state index in [1.54, 1.807) is 24.6 Å². The molecule has 3 N–H and O–H groups in total. The Morgan fingerprint density at radius 3 is 2.81 bits per heavy atom. The molecule has 31 heavy (non-hydrogen) atoms. The summed E-state index contributed by atoms with van der Waals surface area (Å²) in [7, 11) is -0.0750. The molecule has 4 rings (SSSR count). The summed E-state index contributed by atoms with van der Waals surface area (Å²) in [5, 5.41) is 8.96. The van der Waals surface area contributed by atoms with Crippen molar-refractivity contribution >= 4 is 53.6 Å². The minimum Gasteiger partial charge on any atom is -0.494 e. The molecule has 0 radical (unpaired) electrons. The van der Waals surface area contributed by atoms with Crippen molar-refractivity contribution in [1.82, 2.24) is 9.97 Å². The van der Waals surface area contributed by atoms with Crippen molar-refractivity contribution < 1.29 is 9.63 Å². The maximum Gasteiger partial charge on any atom is 0.225 e. The summed E-state index contributed by atoms with van der Waals surface area (Å²) < 4.78 is 5.62. The van der Waals surface area contributed by atoms with Crippen molar-refractivity contribution in [3.63, 3.8) is 0 Å². The first kappa shape index (κ1) is 22.1. The molecule has 1 aliphatic rings. The van der Waals surface area contributed by atoms with Crippen LogP contribution in [0.15, 0.2) is 41.9 Å². The highest BCUT2D eigenvalue weighted by Gasteiger charge is 2.34. The summed E-state index contributed by atoms with van der Waals surface area (Å²) in [6.45, 7) is 4.37. The maximum atomic E-state index is 10.3. The second-order valence-corrected chi connectivity index (χ2v) is 12.6. The third-order valence-electron chi connectivity index (χ3n) is 5.25. The van der Waals surface area contributed by atoms with Crippen LogP contribution in [0.25, 0.3) is 0 Å². The van der Waals surface area contributed by atoms with Gasteiger partial charge >= 0.3 is 0 Å². The second kappa shape index (κ2) is 9.57. The predicted octanol–water partition coefficient (Wildman–Crippen LogP) is 4.93. The molecule has 10 heteroatoms. The van der Waals surface area contributed by atoms with Crippen LogP contribution in [0.2, 0.25) is 5.02 Å². The smallest absolute Gasteiger partial charge is 0.225 e. The highest BCUT2D eigenvalue weighted by molar-refractivity contribution is 7.69. The van der Waals surface area contributed by atoms with Crippen LogP contribution in [0.5, 0.6) is 5.75 Å². The number of anilines is 4. The quantitative estimate of drug-likeness (QED) is 0.415. The van der Waals surface area contributed by atoms with Gasteiger partial charge in [0.15, 0.2) is 5.82 Å². The summed E-state index contributed by atoms with van der Waals surface area (Å²) in [4.78, 5) is 22.6. The number of hydrogen-bond donors (Lipinski definition) is 3. The Morgan fingerprint density at radius 1 is 1.29 bits per heavy atom. The lowest BCUT2D eigenvalue weighted by atomic mass is 10.2. The number of hydrogen-bond acceptors (Lipinski definition) is 8. The molecule has 0 spiro atoms. The molecule has 0 atom stereocenters. The van der Waals surface area contributed by atoms with Crippen LogP contribution < -0.4 is 20.3 Å². The molecular formula is C21H26ClN5O2PS+. The van der Waals surface area contributed by atoms with Crippen molar-refractivity contribution in [2.75, 3.05) is 54.7 Å². The van der Waals surface area contributed by atoms with Crippen molar-refractivity contribution in [3.05, 3.63) is 51.8 Å². The Hall–Kier alpha value is -2.12. The topological polar surface area (TPSA) is 82.5 Å². The van der Waals surface area contributed by atoms with E-state index in [-0.39, 0.29) is 0 Å². The Balaban J connectivity index is 1.49. The number of aromatic nitrogens is 2. The lowest BCUT2D eigenvalue weighted by Crippen LogP contribution is -2.36. The van der Waals surface area contributed by atoms with Crippen LogP contribution in [0.1, 0.15) is 4.88 Å². The first-order valence-corrected chi connectivity index (χ1v) is 13.8. The van der Waals surface area contributed by atoms with Gasteiger partial charge in [-0.05, 0) is 23.6 Å². The number of methoxy groups -OCH3 is 1. The van der Waals surface area contributed by atoms with Crippen molar-refractivity contribution in [2.24, 2.45) is 0 Å². The molecule has 0 bridgehead atoms. The molecule has 0 amide bonds. The third-order valence-corrected chi connectivity index (χ3v) is 8.73. The van der Waals surface area contributed by atoms with Gasteiger partial charge in [-0.3, -0.25) is 4.89 Å². The molecular weight excluding hydrogens is 453 g/mol.